The van der Waals surface area contributed by atoms with E-state index in [1.165, 1.54) is 7.11 Å². The molecule has 0 fully saturated rings. The Morgan fingerprint density at radius 2 is 1.89 bits per heavy atom. The van der Waals surface area contributed by atoms with Crippen LogP contribution in [0.5, 0.6) is 17.8 Å². The van der Waals surface area contributed by atoms with E-state index in [0.717, 1.165) is 0 Å². The highest BCUT2D eigenvalue weighted by Gasteiger charge is 2.09. The number of rotatable bonds is 5. The summed E-state index contributed by atoms with van der Waals surface area (Å²) in [5.74, 6) is 0.858. The third-order valence-electron chi connectivity index (χ3n) is 2.15. The molecule has 2 rings (SSSR count). The van der Waals surface area contributed by atoms with Crippen LogP contribution in [-0.2, 0) is 0 Å². The van der Waals surface area contributed by atoms with Crippen molar-refractivity contribution < 1.29 is 9.47 Å². The van der Waals surface area contributed by atoms with Crippen LogP contribution in [0, 0.1) is 0 Å². The van der Waals surface area contributed by atoms with Crippen LogP contribution in [0.3, 0.4) is 0 Å². The van der Waals surface area contributed by atoms with E-state index in [1.807, 2.05) is 19.1 Å². The van der Waals surface area contributed by atoms with Crippen LogP contribution in [0.15, 0.2) is 24.3 Å². The Balaban J connectivity index is 2.29. The highest BCUT2D eigenvalue weighted by Crippen LogP contribution is 2.27. The van der Waals surface area contributed by atoms with Crippen LogP contribution in [0.1, 0.15) is 6.92 Å². The molecule has 0 bridgehead atoms. The molecule has 0 unspecified atom stereocenters. The van der Waals surface area contributed by atoms with E-state index in [9.17, 15) is 0 Å². The molecule has 1 heterocycles. The number of nitrogens with zero attached hydrogens (tertiary/aromatic N) is 3. The second kappa shape index (κ2) is 6.19. The van der Waals surface area contributed by atoms with Gasteiger partial charge in [-0.1, -0.05) is 23.7 Å². The number of hydrogen-bond acceptors (Lipinski definition) is 6. The van der Waals surface area contributed by atoms with Gasteiger partial charge in [0.25, 0.3) is 0 Å². The molecule has 7 heteroatoms. The standard InChI is InChI=1S/C12H13ClN4O2/c1-3-14-10-15-11(18-2)17-12(16-10)19-9-7-5-4-6-8(9)13/h4-7H,3H2,1-2H3,(H,14,15,16,17). The summed E-state index contributed by atoms with van der Waals surface area (Å²) in [4.78, 5) is 12.2. The Hall–Kier alpha value is -2.08. The van der Waals surface area contributed by atoms with Crippen molar-refractivity contribution in [3.63, 3.8) is 0 Å². The molecule has 0 saturated heterocycles. The van der Waals surface area contributed by atoms with Crippen LogP contribution in [-0.4, -0.2) is 28.6 Å². The molecule has 0 aliphatic heterocycles. The van der Waals surface area contributed by atoms with Crippen LogP contribution in [0.2, 0.25) is 5.02 Å². The monoisotopic (exact) mass is 280 g/mol. The number of anilines is 1. The maximum absolute atomic E-state index is 6.01. The van der Waals surface area contributed by atoms with E-state index in [4.69, 9.17) is 21.1 Å². The van der Waals surface area contributed by atoms with E-state index >= 15 is 0 Å². The highest BCUT2D eigenvalue weighted by atomic mass is 35.5. The van der Waals surface area contributed by atoms with Gasteiger partial charge in [-0.15, -0.1) is 4.98 Å². The molecular weight excluding hydrogens is 268 g/mol. The second-order valence-corrected chi connectivity index (χ2v) is 3.90. The van der Waals surface area contributed by atoms with Crippen molar-refractivity contribution in [2.45, 2.75) is 6.92 Å². The summed E-state index contributed by atoms with van der Waals surface area (Å²) in [6.45, 7) is 2.61. The predicted octanol–water partition coefficient (Wildman–Crippen LogP) is 2.76. The Morgan fingerprint density at radius 3 is 2.58 bits per heavy atom. The number of hydrogen-bond donors (Lipinski definition) is 1. The number of ether oxygens (including phenoxy) is 2. The summed E-state index contributed by atoms with van der Waals surface area (Å²) in [7, 11) is 1.48. The van der Waals surface area contributed by atoms with Gasteiger partial charge in [0.2, 0.25) is 5.95 Å². The fourth-order valence-corrected chi connectivity index (χ4v) is 1.51. The molecule has 19 heavy (non-hydrogen) atoms. The molecule has 0 radical (unpaired) electrons. The molecule has 0 spiro atoms. The summed E-state index contributed by atoms with van der Waals surface area (Å²) < 4.78 is 10.5. The first-order valence-electron chi connectivity index (χ1n) is 5.69. The van der Waals surface area contributed by atoms with Crippen molar-refractivity contribution in [2.24, 2.45) is 0 Å². The minimum absolute atomic E-state index is 0.121. The topological polar surface area (TPSA) is 69.2 Å². The molecular formula is C12H13ClN4O2. The molecule has 100 valence electrons. The Kier molecular flexibility index (Phi) is 4.35. The first-order valence-corrected chi connectivity index (χ1v) is 6.07. The van der Waals surface area contributed by atoms with E-state index in [2.05, 4.69) is 20.3 Å². The van der Waals surface area contributed by atoms with Gasteiger partial charge in [-0.2, -0.15) is 9.97 Å². The number of nitrogens with one attached hydrogen (secondary N) is 1. The summed E-state index contributed by atoms with van der Waals surface area (Å²) in [5.41, 5.74) is 0. The van der Waals surface area contributed by atoms with Gasteiger partial charge >= 0.3 is 12.0 Å². The smallest absolute Gasteiger partial charge is 0.330 e. The zero-order valence-corrected chi connectivity index (χ0v) is 11.3. The molecule has 6 nitrogen and oxygen atoms in total. The fourth-order valence-electron chi connectivity index (χ4n) is 1.34. The number of aromatic nitrogens is 3. The normalized spacial score (nSPS) is 10.1. The molecule has 0 aliphatic carbocycles. The average Bonchev–Trinajstić information content (AvgIpc) is 2.41. The Labute approximate surface area is 115 Å². The summed E-state index contributed by atoms with van der Waals surface area (Å²) in [6.07, 6.45) is 0. The van der Waals surface area contributed by atoms with E-state index in [-0.39, 0.29) is 12.0 Å². The molecule has 1 N–H and O–H groups in total. The van der Waals surface area contributed by atoms with Gasteiger partial charge in [-0.05, 0) is 19.1 Å². The lowest BCUT2D eigenvalue weighted by molar-refractivity contribution is 0.360. The zero-order chi connectivity index (χ0) is 13.7. The van der Waals surface area contributed by atoms with Crippen molar-refractivity contribution in [3.8, 4) is 17.8 Å². The fraction of sp³-hybridized carbons (Fsp3) is 0.250. The van der Waals surface area contributed by atoms with Crippen molar-refractivity contribution in [1.29, 1.82) is 0 Å². The van der Waals surface area contributed by atoms with Gasteiger partial charge in [0, 0.05) is 6.54 Å². The minimum Gasteiger partial charge on any atom is -0.467 e. The third kappa shape index (κ3) is 3.45. The van der Waals surface area contributed by atoms with Gasteiger partial charge in [0.15, 0.2) is 0 Å². The molecule has 1 aromatic heterocycles. The first kappa shape index (κ1) is 13.4. The molecule has 1 aromatic carbocycles. The lowest BCUT2D eigenvalue weighted by atomic mass is 10.3. The lowest BCUT2D eigenvalue weighted by Crippen LogP contribution is -2.06. The van der Waals surface area contributed by atoms with Gasteiger partial charge in [-0.25, -0.2) is 0 Å². The first-order chi connectivity index (χ1) is 9.22. The zero-order valence-electron chi connectivity index (χ0n) is 10.6. The number of para-hydroxylation sites is 1. The third-order valence-corrected chi connectivity index (χ3v) is 2.46. The van der Waals surface area contributed by atoms with E-state index in [0.29, 0.717) is 23.3 Å². The quantitative estimate of drug-likeness (QED) is 0.908. The van der Waals surface area contributed by atoms with Crippen molar-refractivity contribution in [1.82, 2.24) is 15.0 Å². The van der Waals surface area contributed by atoms with Crippen molar-refractivity contribution >= 4 is 17.5 Å². The molecule has 0 saturated carbocycles. The maximum Gasteiger partial charge on any atom is 0.330 e. The summed E-state index contributed by atoms with van der Waals surface area (Å²) >= 11 is 6.01. The molecule has 0 aliphatic rings. The lowest BCUT2D eigenvalue weighted by Gasteiger charge is -2.08. The molecule has 2 aromatic rings. The predicted molar refractivity (Wildman–Crippen MR) is 72.1 cm³/mol. The van der Waals surface area contributed by atoms with Crippen LogP contribution in [0.25, 0.3) is 0 Å². The van der Waals surface area contributed by atoms with Crippen molar-refractivity contribution in [3.05, 3.63) is 29.3 Å². The second-order valence-electron chi connectivity index (χ2n) is 3.49. The summed E-state index contributed by atoms with van der Waals surface area (Å²) in [6, 6.07) is 7.37. The van der Waals surface area contributed by atoms with Gasteiger partial charge in [-0.3, -0.25) is 0 Å². The molecule has 0 atom stereocenters. The van der Waals surface area contributed by atoms with Gasteiger partial charge in [0.05, 0.1) is 12.1 Å². The number of benzene rings is 1. The minimum atomic E-state index is 0.121. The van der Waals surface area contributed by atoms with Crippen molar-refractivity contribution in [2.75, 3.05) is 19.0 Å². The number of halogens is 1. The SMILES string of the molecule is CCNc1nc(OC)nc(Oc2ccccc2Cl)n1. The maximum atomic E-state index is 6.01. The van der Waals surface area contributed by atoms with E-state index < -0.39 is 0 Å². The number of methoxy groups -OCH3 is 1. The summed E-state index contributed by atoms with van der Waals surface area (Å²) in [5, 5.41) is 3.45. The Bertz CT molecular complexity index is 565. The van der Waals surface area contributed by atoms with Gasteiger partial charge in [0.1, 0.15) is 5.75 Å². The largest absolute Gasteiger partial charge is 0.467 e. The molecule has 0 amide bonds. The van der Waals surface area contributed by atoms with Gasteiger partial charge < -0.3 is 14.8 Å². The van der Waals surface area contributed by atoms with Crippen LogP contribution < -0.4 is 14.8 Å². The highest BCUT2D eigenvalue weighted by molar-refractivity contribution is 6.32. The Morgan fingerprint density at radius 1 is 1.16 bits per heavy atom. The van der Waals surface area contributed by atoms with Crippen LogP contribution >= 0.6 is 11.6 Å². The van der Waals surface area contributed by atoms with E-state index in [1.54, 1.807) is 12.1 Å². The average molecular weight is 281 g/mol. The van der Waals surface area contributed by atoms with Crippen LogP contribution in [0.4, 0.5) is 5.95 Å².